The summed E-state index contributed by atoms with van der Waals surface area (Å²) in [5, 5.41) is 7.61. The summed E-state index contributed by atoms with van der Waals surface area (Å²) in [4.78, 5) is 4.06. The van der Waals surface area contributed by atoms with E-state index in [0.717, 1.165) is 5.56 Å². The van der Waals surface area contributed by atoms with Gasteiger partial charge in [0.05, 0.1) is 5.56 Å². The molecule has 0 bridgehead atoms. The molecule has 0 aliphatic carbocycles. The molecule has 5 nitrogen and oxygen atoms in total. The average Bonchev–Trinajstić information content (AvgIpc) is 3.16. The van der Waals surface area contributed by atoms with E-state index in [1.807, 2.05) is 24.3 Å². The highest BCUT2D eigenvalue weighted by molar-refractivity contribution is 5.52. The standard InChI is InChI=1S/C24H22FN3O2/c1-15-5-7-18(8-6-15)24(3,4)19-9-11-20(12-10-19)30-23-21(25)13-17(14-26-23)22-28-27-16(2)29-22/h5-14H,1-4H3. The van der Waals surface area contributed by atoms with Crippen LogP contribution in [0.2, 0.25) is 0 Å². The number of halogens is 1. The zero-order valence-electron chi connectivity index (χ0n) is 17.3. The van der Waals surface area contributed by atoms with E-state index in [9.17, 15) is 4.39 Å². The minimum absolute atomic E-state index is 0.111. The van der Waals surface area contributed by atoms with E-state index >= 15 is 0 Å². The maximum atomic E-state index is 14.5. The van der Waals surface area contributed by atoms with Gasteiger partial charge in [-0.3, -0.25) is 0 Å². The van der Waals surface area contributed by atoms with Crippen molar-refractivity contribution in [3.63, 3.8) is 0 Å². The summed E-state index contributed by atoms with van der Waals surface area (Å²) in [6, 6.07) is 17.4. The number of hydrogen-bond acceptors (Lipinski definition) is 5. The topological polar surface area (TPSA) is 61.0 Å². The number of ether oxygens (including phenoxy) is 1. The van der Waals surface area contributed by atoms with Crippen LogP contribution in [0.25, 0.3) is 11.5 Å². The third kappa shape index (κ3) is 3.94. The summed E-state index contributed by atoms with van der Waals surface area (Å²) in [5.41, 5.74) is 3.82. The number of aryl methyl sites for hydroxylation is 2. The van der Waals surface area contributed by atoms with Crippen LogP contribution in [-0.2, 0) is 5.41 Å². The lowest BCUT2D eigenvalue weighted by atomic mass is 9.78. The molecule has 0 amide bonds. The fourth-order valence-electron chi connectivity index (χ4n) is 3.22. The third-order valence-electron chi connectivity index (χ3n) is 5.14. The molecule has 0 fully saturated rings. The van der Waals surface area contributed by atoms with Gasteiger partial charge in [-0.2, -0.15) is 0 Å². The maximum absolute atomic E-state index is 14.5. The molecular weight excluding hydrogens is 381 g/mol. The Morgan fingerprint density at radius 2 is 1.53 bits per heavy atom. The smallest absolute Gasteiger partial charge is 0.255 e. The Labute approximate surface area is 174 Å². The van der Waals surface area contributed by atoms with Crippen molar-refractivity contribution in [3.8, 4) is 23.1 Å². The molecule has 0 aliphatic rings. The summed E-state index contributed by atoms with van der Waals surface area (Å²) in [7, 11) is 0. The number of nitrogens with zero attached hydrogens (tertiary/aromatic N) is 3. The van der Waals surface area contributed by atoms with Crippen LogP contribution in [0.3, 0.4) is 0 Å². The number of hydrogen-bond donors (Lipinski definition) is 0. The van der Waals surface area contributed by atoms with Gasteiger partial charge in [-0.25, -0.2) is 9.37 Å². The zero-order chi connectivity index (χ0) is 21.3. The van der Waals surface area contributed by atoms with Crippen LogP contribution >= 0.6 is 0 Å². The van der Waals surface area contributed by atoms with Crippen LogP contribution in [0.1, 0.15) is 36.4 Å². The maximum Gasteiger partial charge on any atom is 0.255 e. The van der Waals surface area contributed by atoms with E-state index in [1.165, 1.54) is 23.4 Å². The minimum Gasteiger partial charge on any atom is -0.436 e. The molecule has 0 radical (unpaired) electrons. The van der Waals surface area contributed by atoms with Gasteiger partial charge in [0.25, 0.3) is 5.88 Å². The number of rotatable bonds is 5. The molecule has 2 aromatic heterocycles. The predicted octanol–water partition coefficient (Wildman–Crippen LogP) is 6.01. The minimum atomic E-state index is -0.604. The highest BCUT2D eigenvalue weighted by atomic mass is 19.1. The van der Waals surface area contributed by atoms with Gasteiger partial charge in [-0.15, -0.1) is 10.2 Å². The van der Waals surface area contributed by atoms with Crippen molar-refractivity contribution in [2.45, 2.75) is 33.1 Å². The second-order valence-corrected chi connectivity index (χ2v) is 7.75. The molecule has 30 heavy (non-hydrogen) atoms. The first-order chi connectivity index (χ1) is 14.3. The van der Waals surface area contributed by atoms with Crippen molar-refractivity contribution >= 4 is 0 Å². The van der Waals surface area contributed by atoms with Gasteiger partial charge in [0, 0.05) is 18.5 Å². The average molecular weight is 403 g/mol. The van der Waals surface area contributed by atoms with Crippen LogP contribution in [0.15, 0.2) is 65.2 Å². The molecule has 0 saturated heterocycles. The van der Waals surface area contributed by atoms with E-state index in [-0.39, 0.29) is 17.2 Å². The van der Waals surface area contributed by atoms with Crippen molar-refractivity contribution < 1.29 is 13.5 Å². The van der Waals surface area contributed by atoms with Crippen molar-refractivity contribution in [2.75, 3.05) is 0 Å². The summed E-state index contributed by atoms with van der Waals surface area (Å²) in [6.07, 6.45) is 1.44. The van der Waals surface area contributed by atoms with E-state index in [2.05, 4.69) is 60.2 Å². The largest absolute Gasteiger partial charge is 0.436 e. The summed E-state index contributed by atoms with van der Waals surface area (Å²) in [5.74, 6) is 0.409. The highest BCUT2D eigenvalue weighted by Crippen LogP contribution is 2.33. The summed E-state index contributed by atoms with van der Waals surface area (Å²) >= 11 is 0. The Kier molecular flexibility index (Phi) is 5.08. The van der Waals surface area contributed by atoms with Crippen molar-refractivity contribution in [2.24, 2.45) is 0 Å². The first-order valence-electron chi connectivity index (χ1n) is 9.64. The molecule has 152 valence electrons. The van der Waals surface area contributed by atoms with Crippen LogP contribution in [0.4, 0.5) is 4.39 Å². The fraction of sp³-hybridized carbons (Fsp3) is 0.208. The molecule has 4 rings (SSSR count). The van der Waals surface area contributed by atoms with E-state index < -0.39 is 5.82 Å². The Morgan fingerprint density at radius 1 is 0.900 bits per heavy atom. The van der Waals surface area contributed by atoms with Gasteiger partial charge in [-0.05, 0) is 36.2 Å². The van der Waals surface area contributed by atoms with Crippen molar-refractivity contribution in [3.05, 3.63) is 89.2 Å². The molecule has 2 aromatic carbocycles. The van der Waals surface area contributed by atoms with Crippen LogP contribution in [-0.4, -0.2) is 15.2 Å². The molecule has 6 heteroatoms. The lowest BCUT2D eigenvalue weighted by Gasteiger charge is -2.26. The molecule has 0 atom stereocenters. The second kappa shape index (κ2) is 7.71. The normalized spacial score (nSPS) is 11.5. The number of aromatic nitrogens is 3. The van der Waals surface area contributed by atoms with Gasteiger partial charge in [0.15, 0.2) is 5.82 Å². The fourth-order valence-corrected chi connectivity index (χ4v) is 3.22. The van der Waals surface area contributed by atoms with Gasteiger partial charge in [-0.1, -0.05) is 55.8 Å². The lowest BCUT2D eigenvalue weighted by Crippen LogP contribution is -2.18. The second-order valence-electron chi connectivity index (χ2n) is 7.75. The number of pyridine rings is 1. The quantitative estimate of drug-likeness (QED) is 0.409. The Balaban J connectivity index is 1.53. The van der Waals surface area contributed by atoms with Crippen molar-refractivity contribution in [1.82, 2.24) is 15.2 Å². The van der Waals surface area contributed by atoms with E-state index in [0.29, 0.717) is 17.2 Å². The summed E-state index contributed by atoms with van der Waals surface area (Å²) < 4.78 is 25.4. The molecule has 0 spiro atoms. The first-order valence-corrected chi connectivity index (χ1v) is 9.64. The highest BCUT2D eigenvalue weighted by Gasteiger charge is 2.23. The molecule has 0 unspecified atom stereocenters. The molecule has 2 heterocycles. The first kappa shape index (κ1) is 19.8. The summed E-state index contributed by atoms with van der Waals surface area (Å²) in [6.45, 7) is 8.09. The van der Waals surface area contributed by atoms with Gasteiger partial charge >= 0.3 is 0 Å². The molecule has 0 N–H and O–H groups in total. The van der Waals surface area contributed by atoms with Gasteiger partial charge in [0.2, 0.25) is 11.8 Å². The molecule has 0 saturated carbocycles. The number of benzene rings is 2. The van der Waals surface area contributed by atoms with Gasteiger partial charge in [0.1, 0.15) is 5.75 Å². The van der Waals surface area contributed by atoms with Crippen LogP contribution in [0, 0.1) is 19.7 Å². The van der Waals surface area contributed by atoms with Crippen molar-refractivity contribution in [1.29, 1.82) is 0 Å². The van der Waals surface area contributed by atoms with E-state index in [4.69, 9.17) is 9.15 Å². The predicted molar refractivity (Wildman–Crippen MR) is 112 cm³/mol. The lowest BCUT2D eigenvalue weighted by molar-refractivity contribution is 0.422. The Bertz CT molecular complexity index is 1170. The third-order valence-corrected chi connectivity index (χ3v) is 5.14. The monoisotopic (exact) mass is 403 g/mol. The Hall–Kier alpha value is -3.54. The van der Waals surface area contributed by atoms with Gasteiger partial charge < -0.3 is 9.15 Å². The Morgan fingerprint density at radius 3 is 2.10 bits per heavy atom. The van der Waals surface area contributed by atoms with Crippen LogP contribution < -0.4 is 4.74 Å². The zero-order valence-corrected chi connectivity index (χ0v) is 17.3. The molecular formula is C24H22FN3O2. The SMILES string of the molecule is Cc1ccc(C(C)(C)c2ccc(Oc3ncc(-c4nnc(C)o4)cc3F)cc2)cc1. The van der Waals surface area contributed by atoms with E-state index in [1.54, 1.807) is 6.92 Å². The molecule has 0 aliphatic heterocycles. The van der Waals surface area contributed by atoms with Crippen LogP contribution in [0.5, 0.6) is 11.6 Å². The molecule has 4 aromatic rings.